The molecule has 1 aromatic heterocycles. The lowest BCUT2D eigenvalue weighted by atomic mass is 9.95. The van der Waals surface area contributed by atoms with Crippen molar-refractivity contribution in [2.75, 3.05) is 11.9 Å². The summed E-state index contributed by atoms with van der Waals surface area (Å²) in [5, 5.41) is 12.0. The number of hydrogen-bond donors (Lipinski definition) is 3. The summed E-state index contributed by atoms with van der Waals surface area (Å²) >= 11 is 0. The Morgan fingerprint density at radius 1 is 1.67 bits per heavy atom. The molecule has 0 radical (unpaired) electrons. The minimum atomic E-state index is -0.296. The third-order valence-electron chi connectivity index (χ3n) is 2.57. The fourth-order valence-corrected chi connectivity index (χ4v) is 1.30. The number of anilines is 1. The van der Waals surface area contributed by atoms with Crippen LogP contribution in [0.4, 0.5) is 5.82 Å². The van der Waals surface area contributed by atoms with Crippen molar-refractivity contribution in [1.82, 2.24) is 9.97 Å². The molecule has 15 heavy (non-hydrogen) atoms. The lowest BCUT2D eigenvalue weighted by molar-refractivity contribution is 0.251. The van der Waals surface area contributed by atoms with Gasteiger partial charge in [0.25, 0.3) is 5.56 Å². The summed E-state index contributed by atoms with van der Waals surface area (Å²) in [4.78, 5) is 17.9. The van der Waals surface area contributed by atoms with E-state index in [1.165, 1.54) is 12.4 Å². The number of aliphatic hydroxyl groups excluding tert-OH is 1. The van der Waals surface area contributed by atoms with Crippen molar-refractivity contribution in [3.63, 3.8) is 0 Å². The largest absolute Gasteiger partial charge is 0.396 e. The lowest BCUT2D eigenvalue weighted by Crippen LogP contribution is -2.37. The number of rotatable bonds is 5. The molecule has 1 aromatic rings. The second-order valence-electron chi connectivity index (χ2n) is 3.78. The second kappa shape index (κ2) is 4.93. The highest BCUT2D eigenvalue weighted by Crippen LogP contribution is 2.17. The molecule has 0 saturated heterocycles. The Balaban J connectivity index is 2.84. The maximum Gasteiger partial charge on any atom is 0.290 e. The number of hydrogen-bond acceptors (Lipinski definition) is 4. The van der Waals surface area contributed by atoms with Crippen LogP contribution in [0, 0.1) is 0 Å². The molecule has 0 aliphatic heterocycles. The standard InChI is InChI=1S/C10H17N3O2/c1-3-10(2,4-7-14)13-8-9(15)12-6-5-11-8/h5-6,14H,3-4,7H2,1-2H3,(H,11,13)(H,12,15). The fourth-order valence-electron chi connectivity index (χ4n) is 1.30. The van der Waals surface area contributed by atoms with E-state index >= 15 is 0 Å². The van der Waals surface area contributed by atoms with Crippen LogP contribution in [0.1, 0.15) is 26.7 Å². The van der Waals surface area contributed by atoms with E-state index in [0.29, 0.717) is 12.2 Å². The van der Waals surface area contributed by atoms with Crippen LogP contribution in [0.2, 0.25) is 0 Å². The zero-order valence-corrected chi connectivity index (χ0v) is 9.08. The molecule has 0 amide bonds. The van der Waals surface area contributed by atoms with Crippen molar-refractivity contribution >= 4 is 5.82 Å². The van der Waals surface area contributed by atoms with E-state index < -0.39 is 0 Å². The normalized spacial score (nSPS) is 14.6. The van der Waals surface area contributed by atoms with Crippen LogP contribution >= 0.6 is 0 Å². The van der Waals surface area contributed by atoms with E-state index in [4.69, 9.17) is 5.11 Å². The monoisotopic (exact) mass is 211 g/mol. The number of nitrogens with zero attached hydrogens (tertiary/aromatic N) is 1. The van der Waals surface area contributed by atoms with E-state index in [9.17, 15) is 4.79 Å². The zero-order valence-electron chi connectivity index (χ0n) is 9.08. The van der Waals surface area contributed by atoms with E-state index in [1.54, 1.807) is 0 Å². The van der Waals surface area contributed by atoms with Crippen molar-refractivity contribution in [2.45, 2.75) is 32.2 Å². The van der Waals surface area contributed by atoms with Crippen LogP contribution in [0.25, 0.3) is 0 Å². The highest BCUT2D eigenvalue weighted by molar-refractivity contribution is 5.33. The predicted molar refractivity (Wildman–Crippen MR) is 58.9 cm³/mol. The Bertz CT molecular complexity index is 364. The van der Waals surface area contributed by atoms with Crippen molar-refractivity contribution < 1.29 is 5.11 Å². The molecule has 0 saturated carbocycles. The van der Waals surface area contributed by atoms with Gasteiger partial charge >= 0.3 is 0 Å². The molecule has 0 aliphatic carbocycles. The Morgan fingerprint density at radius 3 is 2.93 bits per heavy atom. The van der Waals surface area contributed by atoms with Gasteiger partial charge in [0.05, 0.1) is 0 Å². The quantitative estimate of drug-likeness (QED) is 0.671. The van der Waals surface area contributed by atoms with Gasteiger partial charge in [0.15, 0.2) is 5.82 Å². The molecule has 0 fully saturated rings. The van der Waals surface area contributed by atoms with Crippen molar-refractivity contribution in [3.8, 4) is 0 Å². The topological polar surface area (TPSA) is 78.0 Å². The maximum absolute atomic E-state index is 11.4. The number of nitrogens with one attached hydrogen (secondary N) is 2. The number of aromatic amines is 1. The molecule has 1 rings (SSSR count). The summed E-state index contributed by atoms with van der Waals surface area (Å²) in [6.45, 7) is 4.04. The predicted octanol–water partition coefficient (Wildman–Crippen LogP) is 0.733. The van der Waals surface area contributed by atoms with Gasteiger partial charge in [-0.3, -0.25) is 4.79 Å². The summed E-state index contributed by atoms with van der Waals surface area (Å²) in [6, 6.07) is 0. The molecule has 0 aromatic carbocycles. The highest BCUT2D eigenvalue weighted by Gasteiger charge is 2.22. The smallest absolute Gasteiger partial charge is 0.290 e. The average molecular weight is 211 g/mol. The molecular weight excluding hydrogens is 194 g/mol. The van der Waals surface area contributed by atoms with Crippen LogP contribution in [0.3, 0.4) is 0 Å². The van der Waals surface area contributed by atoms with Crippen molar-refractivity contribution in [3.05, 3.63) is 22.7 Å². The van der Waals surface area contributed by atoms with E-state index in [-0.39, 0.29) is 17.7 Å². The van der Waals surface area contributed by atoms with Crippen LogP contribution in [-0.2, 0) is 0 Å². The molecule has 5 heteroatoms. The Kier molecular flexibility index (Phi) is 3.85. The first kappa shape index (κ1) is 11.7. The van der Waals surface area contributed by atoms with Crippen LogP contribution < -0.4 is 10.9 Å². The highest BCUT2D eigenvalue weighted by atomic mass is 16.3. The molecule has 1 unspecified atom stereocenters. The third kappa shape index (κ3) is 3.06. The fraction of sp³-hybridized carbons (Fsp3) is 0.600. The number of aliphatic hydroxyl groups is 1. The second-order valence-corrected chi connectivity index (χ2v) is 3.78. The molecule has 3 N–H and O–H groups in total. The van der Waals surface area contributed by atoms with Gasteiger partial charge in [-0.15, -0.1) is 0 Å². The number of H-pyrrole nitrogens is 1. The van der Waals surface area contributed by atoms with E-state index in [1.807, 2.05) is 13.8 Å². The molecule has 1 atom stereocenters. The molecule has 5 nitrogen and oxygen atoms in total. The first-order valence-electron chi connectivity index (χ1n) is 5.04. The maximum atomic E-state index is 11.4. The summed E-state index contributed by atoms with van der Waals surface area (Å²) in [5.41, 5.74) is -0.536. The zero-order chi connectivity index (χ0) is 11.3. The van der Waals surface area contributed by atoms with Gasteiger partial charge in [-0.2, -0.15) is 0 Å². The van der Waals surface area contributed by atoms with Gasteiger partial charge in [-0.05, 0) is 19.8 Å². The molecule has 0 spiro atoms. The van der Waals surface area contributed by atoms with Gasteiger partial charge in [-0.1, -0.05) is 6.92 Å². The van der Waals surface area contributed by atoms with Gasteiger partial charge in [0.1, 0.15) is 0 Å². The summed E-state index contributed by atoms with van der Waals surface area (Å²) in [7, 11) is 0. The van der Waals surface area contributed by atoms with Crippen LogP contribution in [0.5, 0.6) is 0 Å². The van der Waals surface area contributed by atoms with Crippen molar-refractivity contribution in [1.29, 1.82) is 0 Å². The minimum Gasteiger partial charge on any atom is -0.396 e. The Hall–Kier alpha value is -1.36. The molecular formula is C10H17N3O2. The van der Waals surface area contributed by atoms with E-state index in [2.05, 4.69) is 15.3 Å². The summed E-state index contributed by atoms with van der Waals surface area (Å²) in [5.74, 6) is 0.301. The average Bonchev–Trinajstić information content (AvgIpc) is 2.22. The van der Waals surface area contributed by atoms with E-state index in [0.717, 1.165) is 6.42 Å². The lowest BCUT2D eigenvalue weighted by Gasteiger charge is -2.28. The Morgan fingerprint density at radius 2 is 2.40 bits per heavy atom. The van der Waals surface area contributed by atoms with Gasteiger partial charge in [0, 0.05) is 24.5 Å². The van der Waals surface area contributed by atoms with Gasteiger partial charge in [-0.25, -0.2) is 4.98 Å². The first-order chi connectivity index (χ1) is 7.11. The third-order valence-corrected chi connectivity index (χ3v) is 2.57. The van der Waals surface area contributed by atoms with Crippen LogP contribution in [-0.4, -0.2) is 27.2 Å². The Labute approximate surface area is 88.6 Å². The summed E-state index contributed by atoms with van der Waals surface area (Å²) in [6.07, 6.45) is 4.41. The number of aromatic nitrogens is 2. The van der Waals surface area contributed by atoms with Gasteiger partial charge < -0.3 is 15.4 Å². The van der Waals surface area contributed by atoms with Crippen molar-refractivity contribution in [2.24, 2.45) is 0 Å². The SMILES string of the molecule is CCC(C)(CCO)Nc1ncc[nH]c1=O. The van der Waals surface area contributed by atoms with Crippen LogP contribution in [0.15, 0.2) is 17.2 Å². The van der Waals surface area contributed by atoms with Gasteiger partial charge in [0.2, 0.25) is 0 Å². The molecule has 1 heterocycles. The molecule has 0 aliphatic rings. The first-order valence-corrected chi connectivity index (χ1v) is 5.04. The molecule has 0 bridgehead atoms. The molecule has 84 valence electrons. The summed E-state index contributed by atoms with van der Waals surface area (Å²) < 4.78 is 0. The minimum absolute atomic E-state index is 0.0854.